The van der Waals surface area contributed by atoms with Gasteiger partial charge < -0.3 is 10.2 Å². The predicted octanol–water partition coefficient (Wildman–Crippen LogP) is 3.92. The van der Waals surface area contributed by atoms with Gasteiger partial charge in [0.1, 0.15) is 11.5 Å². The Bertz CT molecular complexity index is 1140. The summed E-state index contributed by atoms with van der Waals surface area (Å²) in [7, 11) is 0. The van der Waals surface area contributed by atoms with Crippen molar-refractivity contribution in [2.24, 2.45) is 5.41 Å². The Morgan fingerprint density at radius 1 is 1.09 bits per heavy atom. The van der Waals surface area contributed by atoms with Gasteiger partial charge in [0.2, 0.25) is 5.91 Å². The van der Waals surface area contributed by atoms with Crippen LogP contribution in [-0.2, 0) is 17.8 Å². The van der Waals surface area contributed by atoms with Gasteiger partial charge in [0.05, 0.1) is 5.41 Å². The highest BCUT2D eigenvalue weighted by Crippen LogP contribution is 2.36. The molecule has 2 heterocycles. The maximum atomic E-state index is 13.3. The average molecular weight is 449 g/mol. The van der Waals surface area contributed by atoms with Crippen molar-refractivity contribution in [3.05, 3.63) is 77.9 Å². The number of carbonyl (C=O) groups is 2. The maximum Gasteiger partial charge on any atom is 0.274 e. The van der Waals surface area contributed by atoms with Crippen molar-refractivity contribution >= 4 is 11.8 Å². The summed E-state index contributed by atoms with van der Waals surface area (Å²) < 4.78 is 15.1. The summed E-state index contributed by atoms with van der Waals surface area (Å²) in [5.74, 6) is -0.454. The second-order valence-electron chi connectivity index (χ2n) is 8.56. The van der Waals surface area contributed by atoms with E-state index >= 15 is 0 Å². The highest BCUT2D eigenvalue weighted by Gasteiger charge is 2.46. The molecular weight excluding hydrogens is 419 g/mol. The molecule has 1 aromatic heterocycles. The van der Waals surface area contributed by atoms with Crippen molar-refractivity contribution in [3.63, 3.8) is 0 Å². The number of nitrogens with one attached hydrogen (secondary N) is 1. The topological polar surface area (TPSA) is 67.2 Å². The summed E-state index contributed by atoms with van der Waals surface area (Å²) in [4.78, 5) is 28.0. The molecule has 172 valence electrons. The van der Waals surface area contributed by atoms with Gasteiger partial charge in [-0.15, -0.1) is 0 Å². The lowest BCUT2D eigenvalue weighted by atomic mass is 9.79. The fourth-order valence-corrected chi connectivity index (χ4v) is 4.51. The van der Waals surface area contributed by atoms with E-state index in [1.807, 2.05) is 38.1 Å². The Morgan fingerprint density at radius 2 is 1.88 bits per heavy atom. The molecule has 4 rings (SSSR count). The second-order valence-corrected chi connectivity index (χ2v) is 8.56. The number of benzene rings is 2. The smallest absolute Gasteiger partial charge is 0.274 e. The van der Waals surface area contributed by atoms with Crippen molar-refractivity contribution in [2.45, 2.75) is 33.2 Å². The van der Waals surface area contributed by atoms with E-state index in [0.29, 0.717) is 44.7 Å². The molecule has 0 aliphatic carbocycles. The molecule has 0 spiro atoms. The van der Waals surface area contributed by atoms with Crippen LogP contribution in [-0.4, -0.2) is 46.1 Å². The van der Waals surface area contributed by atoms with Crippen LogP contribution in [0.4, 0.5) is 4.39 Å². The first kappa shape index (κ1) is 22.7. The standard InChI is InChI=1S/C26H29FN4O2/c1-3-28-25(33)26(13-15-30(18-26)24(32)23-12-14-31(4-2)29-23)17-19-6-5-7-21(16-19)20-8-10-22(27)11-9-20/h5-12,14,16H,3-4,13,15,17-18H2,1-2H3,(H,28,33)/t26-/m1/s1. The Kier molecular flexibility index (Phi) is 6.58. The lowest BCUT2D eigenvalue weighted by Gasteiger charge is -2.28. The molecule has 1 aliphatic rings. The number of carbonyl (C=O) groups excluding carboxylic acids is 2. The van der Waals surface area contributed by atoms with Crippen molar-refractivity contribution in [1.82, 2.24) is 20.0 Å². The van der Waals surface area contributed by atoms with Crippen LogP contribution < -0.4 is 5.32 Å². The van der Waals surface area contributed by atoms with E-state index in [4.69, 9.17) is 0 Å². The molecule has 1 atom stereocenters. The summed E-state index contributed by atoms with van der Waals surface area (Å²) in [5, 5.41) is 7.31. The minimum atomic E-state index is -0.708. The largest absolute Gasteiger partial charge is 0.356 e. The monoisotopic (exact) mass is 448 g/mol. The van der Waals surface area contributed by atoms with Crippen molar-refractivity contribution in [3.8, 4) is 11.1 Å². The first-order valence-electron chi connectivity index (χ1n) is 11.4. The van der Waals surface area contributed by atoms with Gasteiger partial charge >= 0.3 is 0 Å². The molecule has 7 heteroatoms. The molecular formula is C26H29FN4O2. The number of hydrogen-bond acceptors (Lipinski definition) is 3. The van der Waals surface area contributed by atoms with E-state index in [1.54, 1.807) is 34.0 Å². The molecule has 1 aliphatic heterocycles. The Hall–Kier alpha value is -3.48. The zero-order valence-electron chi connectivity index (χ0n) is 19.1. The van der Waals surface area contributed by atoms with Gasteiger partial charge in [-0.25, -0.2) is 4.39 Å². The molecule has 6 nitrogen and oxygen atoms in total. The lowest BCUT2D eigenvalue weighted by molar-refractivity contribution is -0.130. The molecule has 33 heavy (non-hydrogen) atoms. The number of amides is 2. The molecule has 1 N–H and O–H groups in total. The Morgan fingerprint density at radius 3 is 2.58 bits per heavy atom. The van der Waals surface area contributed by atoms with Gasteiger partial charge in [0, 0.05) is 32.4 Å². The van der Waals surface area contributed by atoms with Crippen LogP contribution in [0.2, 0.25) is 0 Å². The molecule has 0 saturated carbocycles. The van der Waals surface area contributed by atoms with Crippen LogP contribution in [0.1, 0.15) is 36.3 Å². The minimum Gasteiger partial charge on any atom is -0.356 e. The Balaban J connectivity index is 1.58. The average Bonchev–Trinajstić information content (AvgIpc) is 3.48. The fourth-order valence-electron chi connectivity index (χ4n) is 4.51. The van der Waals surface area contributed by atoms with Gasteiger partial charge in [0.15, 0.2) is 0 Å². The maximum absolute atomic E-state index is 13.3. The Labute approximate surface area is 193 Å². The minimum absolute atomic E-state index is 0.0356. The summed E-state index contributed by atoms with van der Waals surface area (Å²) in [6.07, 6.45) is 2.89. The predicted molar refractivity (Wildman–Crippen MR) is 125 cm³/mol. The molecule has 2 aromatic carbocycles. The van der Waals surface area contributed by atoms with Crippen LogP contribution in [0.15, 0.2) is 60.8 Å². The zero-order valence-corrected chi connectivity index (χ0v) is 19.1. The van der Waals surface area contributed by atoms with Crippen LogP contribution in [0.25, 0.3) is 11.1 Å². The highest BCUT2D eigenvalue weighted by atomic mass is 19.1. The molecule has 0 bridgehead atoms. The van der Waals surface area contributed by atoms with E-state index in [9.17, 15) is 14.0 Å². The molecule has 1 saturated heterocycles. The third-order valence-electron chi connectivity index (χ3n) is 6.29. The first-order valence-corrected chi connectivity index (χ1v) is 11.4. The summed E-state index contributed by atoms with van der Waals surface area (Å²) >= 11 is 0. The van der Waals surface area contributed by atoms with E-state index in [1.165, 1.54) is 12.1 Å². The quantitative estimate of drug-likeness (QED) is 0.596. The van der Waals surface area contributed by atoms with Crippen molar-refractivity contribution in [1.29, 1.82) is 0 Å². The first-order chi connectivity index (χ1) is 15.9. The molecule has 1 fully saturated rings. The fraction of sp³-hybridized carbons (Fsp3) is 0.346. The molecule has 2 amide bonds. The second kappa shape index (κ2) is 9.57. The molecule has 0 radical (unpaired) electrons. The van der Waals surface area contributed by atoms with Gasteiger partial charge in [-0.05, 0) is 61.6 Å². The van der Waals surface area contributed by atoms with Crippen LogP contribution in [0, 0.1) is 11.2 Å². The van der Waals surface area contributed by atoms with Crippen LogP contribution in [0.3, 0.4) is 0 Å². The number of halogens is 1. The third kappa shape index (κ3) is 4.82. The number of nitrogens with zero attached hydrogens (tertiary/aromatic N) is 3. The normalized spacial score (nSPS) is 17.8. The number of aromatic nitrogens is 2. The lowest BCUT2D eigenvalue weighted by Crippen LogP contribution is -2.45. The third-order valence-corrected chi connectivity index (χ3v) is 6.29. The SMILES string of the molecule is CCNC(=O)[C@@]1(Cc2cccc(-c3ccc(F)cc3)c2)CCN(C(=O)c2ccn(CC)n2)C1. The number of hydrogen-bond donors (Lipinski definition) is 1. The highest BCUT2D eigenvalue weighted by molar-refractivity contribution is 5.93. The van der Waals surface area contributed by atoms with Gasteiger partial charge in [-0.2, -0.15) is 5.10 Å². The van der Waals surface area contributed by atoms with Crippen LogP contribution >= 0.6 is 0 Å². The summed E-state index contributed by atoms with van der Waals surface area (Å²) in [6, 6.07) is 16.1. The zero-order chi connectivity index (χ0) is 23.4. The van der Waals surface area contributed by atoms with E-state index in [0.717, 1.165) is 16.7 Å². The van der Waals surface area contributed by atoms with Crippen molar-refractivity contribution < 1.29 is 14.0 Å². The number of likely N-dealkylation sites (tertiary alicyclic amines) is 1. The van der Waals surface area contributed by atoms with Gasteiger partial charge in [-0.1, -0.05) is 36.4 Å². The van der Waals surface area contributed by atoms with Gasteiger partial charge in [-0.3, -0.25) is 14.3 Å². The summed E-state index contributed by atoms with van der Waals surface area (Å²) in [6.45, 7) is 5.95. The number of rotatable bonds is 7. The van der Waals surface area contributed by atoms with Gasteiger partial charge in [0.25, 0.3) is 5.91 Å². The van der Waals surface area contributed by atoms with E-state index < -0.39 is 5.41 Å². The summed E-state index contributed by atoms with van der Waals surface area (Å²) in [5.41, 5.74) is 2.59. The van der Waals surface area contributed by atoms with Crippen LogP contribution in [0.5, 0.6) is 0 Å². The van der Waals surface area contributed by atoms with E-state index in [2.05, 4.69) is 10.4 Å². The van der Waals surface area contributed by atoms with E-state index in [-0.39, 0.29) is 17.6 Å². The molecule has 0 unspecified atom stereocenters. The number of aryl methyl sites for hydroxylation is 1. The molecule has 3 aromatic rings. The van der Waals surface area contributed by atoms with Crippen molar-refractivity contribution in [2.75, 3.05) is 19.6 Å².